The van der Waals surface area contributed by atoms with Gasteiger partial charge in [-0.25, -0.2) is 4.39 Å². The van der Waals surface area contributed by atoms with Crippen LogP contribution in [0.1, 0.15) is 16.1 Å². The van der Waals surface area contributed by atoms with Crippen molar-refractivity contribution in [2.24, 2.45) is 0 Å². The lowest BCUT2D eigenvalue weighted by Gasteiger charge is -2.02. The third-order valence-electron chi connectivity index (χ3n) is 2.08. The standard InChI is InChI=1S/C12H6BrClFNO/c13-8-3-7(4-10(15)5-8)12(17)11-2-1-9(14)6-16-11/h1-6H. The maximum Gasteiger partial charge on any atom is 0.211 e. The maximum atomic E-state index is 13.1. The quantitative estimate of drug-likeness (QED) is 0.788. The Morgan fingerprint density at radius 3 is 2.65 bits per heavy atom. The van der Waals surface area contributed by atoms with E-state index in [-0.39, 0.29) is 17.0 Å². The van der Waals surface area contributed by atoms with Gasteiger partial charge >= 0.3 is 0 Å². The summed E-state index contributed by atoms with van der Waals surface area (Å²) in [5.74, 6) is -0.821. The number of benzene rings is 1. The Bertz CT molecular complexity index is 551. The summed E-state index contributed by atoms with van der Waals surface area (Å²) in [5.41, 5.74) is 0.471. The molecule has 86 valence electrons. The van der Waals surface area contributed by atoms with Crippen LogP contribution >= 0.6 is 27.5 Å². The van der Waals surface area contributed by atoms with Gasteiger partial charge in [0, 0.05) is 16.2 Å². The average Bonchev–Trinajstić information content (AvgIpc) is 2.28. The summed E-state index contributed by atoms with van der Waals surface area (Å²) in [6.45, 7) is 0. The summed E-state index contributed by atoms with van der Waals surface area (Å²) in [6, 6.07) is 7.07. The van der Waals surface area contributed by atoms with Gasteiger partial charge in [0.1, 0.15) is 11.5 Å². The Hall–Kier alpha value is -1.26. The molecule has 2 rings (SSSR count). The number of nitrogens with zero attached hydrogens (tertiary/aromatic N) is 1. The van der Waals surface area contributed by atoms with E-state index in [9.17, 15) is 9.18 Å². The van der Waals surface area contributed by atoms with E-state index in [0.717, 1.165) is 0 Å². The first-order valence-corrected chi connectivity index (χ1v) is 5.86. The molecule has 2 aromatic rings. The minimum atomic E-state index is -0.475. The number of pyridine rings is 1. The fourth-order valence-corrected chi connectivity index (χ4v) is 1.92. The molecular weight excluding hydrogens is 308 g/mol. The lowest BCUT2D eigenvalue weighted by Crippen LogP contribution is -2.04. The van der Waals surface area contributed by atoms with Crippen molar-refractivity contribution in [2.45, 2.75) is 0 Å². The smallest absolute Gasteiger partial charge is 0.211 e. The van der Waals surface area contributed by atoms with E-state index in [0.29, 0.717) is 9.50 Å². The number of carbonyl (C=O) groups is 1. The van der Waals surface area contributed by atoms with E-state index in [2.05, 4.69) is 20.9 Å². The van der Waals surface area contributed by atoms with Crippen molar-refractivity contribution in [3.8, 4) is 0 Å². The molecule has 0 fully saturated rings. The van der Waals surface area contributed by atoms with Crippen LogP contribution in [-0.4, -0.2) is 10.8 Å². The first-order valence-electron chi connectivity index (χ1n) is 4.68. The highest BCUT2D eigenvalue weighted by Crippen LogP contribution is 2.17. The van der Waals surface area contributed by atoms with Gasteiger partial charge in [0.2, 0.25) is 5.78 Å². The van der Waals surface area contributed by atoms with E-state index >= 15 is 0 Å². The minimum absolute atomic E-state index is 0.229. The largest absolute Gasteiger partial charge is 0.287 e. The van der Waals surface area contributed by atoms with Crippen LogP contribution in [0.4, 0.5) is 4.39 Å². The fourth-order valence-electron chi connectivity index (χ4n) is 1.34. The number of carbonyl (C=O) groups excluding carboxylic acids is 1. The highest BCUT2D eigenvalue weighted by Gasteiger charge is 2.12. The van der Waals surface area contributed by atoms with Crippen LogP contribution in [0, 0.1) is 5.82 Å². The van der Waals surface area contributed by atoms with E-state index in [1.165, 1.54) is 24.4 Å². The second kappa shape index (κ2) is 4.94. The fraction of sp³-hybridized carbons (Fsp3) is 0. The summed E-state index contributed by atoms with van der Waals surface area (Å²) >= 11 is 8.80. The summed E-state index contributed by atoms with van der Waals surface area (Å²) in [6.07, 6.45) is 1.38. The van der Waals surface area contributed by atoms with Crippen molar-refractivity contribution >= 4 is 33.3 Å². The summed E-state index contributed by atoms with van der Waals surface area (Å²) < 4.78 is 13.7. The van der Waals surface area contributed by atoms with Crippen LogP contribution < -0.4 is 0 Å². The van der Waals surface area contributed by atoms with Gasteiger partial charge in [0.25, 0.3) is 0 Å². The Balaban J connectivity index is 2.40. The second-order valence-corrected chi connectivity index (χ2v) is 4.70. The molecule has 0 atom stereocenters. The van der Waals surface area contributed by atoms with Crippen LogP contribution in [0.25, 0.3) is 0 Å². The number of rotatable bonds is 2. The number of hydrogen-bond acceptors (Lipinski definition) is 2. The lowest BCUT2D eigenvalue weighted by atomic mass is 10.1. The van der Waals surface area contributed by atoms with Crippen LogP contribution in [0.15, 0.2) is 41.0 Å². The Morgan fingerprint density at radius 2 is 2.06 bits per heavy atom. The van der Waals surface area contributed by atoms with Gasteiger partial charge < -0.3 is 0 Å². The molecule has 1 aromatic carbocycles. The van der Waals surface area contributed by atoms with Gasteiger partial charge in [-0.2, -0.15) is 0 Å². The van der Waals surface area contributed by atoms with Crippen LogP contribution in [0.5, 0.6) is 0 Å². The first-order chi connectivity index (χ1) is 8.06. The molecule has 0 N–H and O–H groups in total. The molecule has 5 heteroatoms. The summed E-state index contributed by atoms with van der Waals surface area (Å²) in [5, 5.41) is 0.446. The highest BCUT2D eigenvalue weighted by molar-refractivity contribution is 9.10. The maximum absolute atomic E-state index is 13.1. The van der Waals surface area contributed by atoms with Gasteiger partial charge in [-0.1, -0.05) is 27.5 Å². The molecule has 0 saturated heterocycles. The second-order valence-electron chi connectivity index (χ2n) is 3.35. The molecule has 0 spiro atoms. The molecular formula is C12H6BrClFNO. The molecule has 0 bridgehead atoms. The van der Waals surface area contributed by atoms with Crippen LogP contribution in [0.3, 0.4) is 0 Å². The van der Waals surface area contributed by atoms with Gasteiger partial charge in [-0.05, 0) is 30.3 Å². The monoisotopic (exact) mass is 313 g/mol. The first kappa shape index (κ1) is 12.2. The zero-order valence-corrected chi connectivity index (χ0v) is 10.8. The topological polar surface area (TPSA) is 30.0 Å². The van der Waals surface area contributed by atoms with E-state index in [1.54, 1.807) is 12.1 Å². The molecule has 0 radical (unpaired) electrons. The van der Waals surface area contributed by atoms with E-state index in [1.807, 2.05) is 0 Å². The average molecular weight is 315 g/mol. The van der Waals surface area contributed by atoms with Crippen LogP contribution in [-0.2, 0) is 0 Å². The highest BCUT2D eigenvalue weighted by atomic mass is 79.9. The molecule has 0 aliphatic heterocycles. The van der Waals surface area contributed by atoms with Crippen molar-refractivity contribution in [1.82, 2.24) is 4.98 Å². The van der Waals surface area contributed by atoms with E-state index < -0.39 is 5.82 Å². The Labute approximate surface area is 111 Å². The minimum Gasteiger partial charge on any atom is -0.287 e. The Kier molecular flexibility index (Phi) is 3.54. The molecule has 1 heterocycles. The molecule has 0 aliphatic carbocycles. The predicted octanol–water partition coefficient (Wildman–Crippen LogP) is 3.87. The molecule has 2 nitrogen and oxygen atoms in total. The van der Waals surface area contributed by atoms with Gasteiger partial charge in [-0.15, -0.1) is 0 Å². The molecule has 0 saturated carbocycles. The Morgan fingerprint density at radius 1 is 1.29 bits per heavy atom. The molecule has 17 heavy (non-hydrogen) atoms. The zero-order chi connectivity index (χ0) is 12.4. The number of hydrogen-bond donors (Lipinski definition) is 0. The van der Waals surface area contributed by atoms with Crippen molar-refractivity contribution < 1.29 is 9.18 Å². The number of halogens is 3. The van der Waals surface area contributed by atoms with Gasteiger partial charge in [0.15, 0.2) is 0 Å². The van der Waals surface area contributed by atoms with Crippen molar-refractivity contribution in [1.29, 1.82) is 0 Å². The third kappa shape index (κ3) is 2.90. The van der Waals surface area contributed by atoms with Crippen LogP contribution in [0.2, 0.25) is 5.02 Å². The van der Waals surface area contributed by atoms with Gasteiger partial charge in [-0.3, -0.25) is 9.78 Å². The van der Waals surface area contributed by atoms with Crippen molar-refractivity contribution in [3.63, 3.8) is 0 Å². The molecule has 1 aromatic heterocycles. The van der Waals surface area contributed by atoms with E-state index in [4.69, 9.17) is 11.6 Å². The molecule has 0 unspecified atom stereocenters. The molecule has 0 amide bonds. The summed E-state index contributed by atoms with van der Waals surface area (Å²) in [4.78, 5) is 15.9. The SMILES string of the molecule is O=C(c1cc(F)cc(Br)c1)c1ccc(Cl)cn1. The van der Waals surface area contributed by atoms with Crippen molar-refractivity contribution in [2.75, 3.05) is 0 Å². The predicted molar refractivity (Wildman–Crippen MR) is 66.8 cm³/mol. The normalized spacial score (nSPS) is 10.3. The molecule has 0 aliphatic rings. The third-order valence-corrected chi connectivity index (χ3v) is 2.77. The van der Waals surface area contributed by atoms with Gasteiger partial charge in [0.05, 0.1) is 5.02 Å². The zero-order valence-electron chi connectivity index (χ0n) is 8.45. The number of ketones is 1. The van der Waals surface area contributed by atoms with Crippen molar-refractivity contribution in [3.05, 3.63) is 63.1 Å². The summed E-state index contributed by atoms with van der Waals surface area (Å²) in [7, 11) is 0. The number of aromatic nitrogens is 1. The lowest BCUT2D eigenvalue weighted by molar-refractivity contribution is 0.103.